The van der Waals surface area contributed by atoms with Gasteiger partial charge in [0.25, 0.3) is 0 Å². The van der Waals surface area contributed by atoms with E-state index in [1.807, 2.05) is 0 Å². The first kappa shape index (κ1) is 27.0. The SMILES string of the molecule is CCC[CH2][Sn]([CH2]CCC)([CH2]CCC)[CH](C(C)C)[N+]1(C/C=C\c2ccccc2)CCCC1. The molecule has 1 heterocycles. The maximum absolute atomic E-state index is 2.60. The van der Waals surface area contributed by atoms with Gasteiger partial charge < -0.3 is 0 Å². The Morgan fingerprint density at radius 1 is 0.839 bits per heavy atom. The summed E-state index contributed by atoms with van der Waals surface area (Å²) >= 11 is -2.35. The molecule has 0 radical (unpaired) electrons. The van der Waals surface area contributed by atoms with E-state index in [-0.39, 0.29) is 0 Å². The molecule has 1 aliphatic rings. The van der Waals surface area contributed by atoms with Crippen molar-refractivity contribution in [2.75, 3.05) is 19.6 Å². The summed E-state index contributed by atoms with van der Waals surface area (Å²) in [6.45, 7) is 16.6. The van der Waals surface area contributed by atoms with Crippen LogP contribution in [-0.4, -0.2) is 46.6 Å². The third-order valence-electron chi connectivity index (χ3n) is 7.97. The number of unbranched alkanes of at least 4 members (excludes halogenated alkanes) is 3. The summed E-state index contributed by atoms with van der Waals surface area (Å²) in [5, 5.41) is 0. The van der Waals surface area contributed by atoms with Crippen LogP contribution in [0.5, 0.6) is 0 Å². The second kappa shape index (κ2) is 14.1. The molecule has 1 saturated heterocycles. The fourth-order valence-electron chi connectivity index (χ4n) is 6.83. The van der Waals surface area contributed by atoms with E-state index in [2.05, 4.69) is 77.1 Å². The fraction of sp³-hybridized carbons (Fsp3) is 0.724. The van der Waals surface area contributed by atoms with Gasteiger partial charge in [0.05, 0.1) is 0 Å². The number of likely N-dealkylation sites (tertiary alicyclic amines) is 1. The van der Waals surface area contributed by atoms with Crippen LogP contribution in [0.4, 0.5) is 0 Å². The van der Waals surface area contributed by atoms with Gasteiger partial charge in [-0.15, -0.1) is 0 Å². The van der Waals surface area contributed by atoms with E-state index < -0.39 is 18.4 Å². The minimum absolute atomic E-state index is 0.838. The molecule has 1 aromatic carbocycles. The Morgan fingerprint density at radius 2 is 1.35 bits per heavy atom. The molecule has 0 spiro atoms. The van der Waals surface area contributed by atoms with Crippen molar-refractivity contribution in [3.8, 4) is 0 Å². The van der Waals surface area contributed by atoms with E-state index in [9.17, 15) is 0 Å². The number of rotatable bonds is 15. The van der Waals surface area contributed by atoms with Crippen LogP contribution >= 0.6 is 0 Å². The summed E-state index contributed by atoms with van der Waals surface area (Å²) in [4.78, 5) is 0. The van der Waals surface area contributed by atoms with Crippen molar-refractivity contribution in [2.45, 2.75) is 103 Å². The molecular weight excluding hydrogens is 481 g/mol. The summed E-state index contributed by atoms with van der Waals surface area (Å²) in [6, 6.07) is 11.0. The minimum atomic E-state index is -2.35. The molecule has 1 unspecified atom stereocenters. The molecule has 0 aliphatic carbocycles. The molecule has 0 N–H and O–H groups in total. The van der Waals surface area contributed by atoms with Crippen LogP contribution in [0.1, 0.15) is 91.5 Å². The number of hydrogen-bond acceptors (Lipinski definition) is 0. The van der Waals surface area contributed by atoms with E-state index in [4.69, 9.17) is 0 Å². The van der Waals surface area contributed by atoms with Crippen molar-refractivity contribution >= 4 is 24.5 Å². The van der Waals surface area contributed by atoms with Gasteiger partial charge in [0.1, 0.15) is 0 Å². The number of hydrogen-bond donors (Lipinski definition) is 0. The van der Waals surface area contributed by atoms with Gasteiger partial charge in [-0.05, 0) is 0 Å². The van der Waals surface area contributed by atoms with Crippen molar-refractivity contribution in [1.29, 1.82) is 0 Å². The van der Waals surface area contributed by atoms with Crippen molar-refractivity contribution in [2.24, 2.45) is 5.92 Å². The van der Waals surface area contributed by atoms with Crippen LogP contribution in [-0.2, 0) is 0 Å². The van der Waals surface area contributed by atoms with E-state index in [0.717, 1.165) is 9.98 Å². The molecule has 0 saturated carbocycles. The molecule has 2 rings (SSSR count). The monoisotopic (exact) mass is 534 g/mol. The predicted octanol–water partition coefficient (Wildman–Crippen LogP) is 8.72. The van der Waals surface area contributed by atoms with Gasteiger partial charge in [-0.3, -0.25) is 0 Å². The van der Waals surface area contributed by atoms with Crippen molar-refractivity contribution in [3.05, 3.63) is 42.0 Å². The van der Waals surface area contributed by atoms with Crippen LogP contribution in [0.2, 0.25) is 13.3 Å². The van der Waals surface area contributed by atoms with Gasteiger partial charge in [0, 0.05) is 0 Å². The number of quaternary nitrogens is 1. The second-order valence-corrected chi connectivity index (χ2v) is 24.5. The molecule has 1 aromatic rings. The Labute approximate surface area is 199 Å². The summed E-state index contributed by atoms with van der Waals surface area (Å²) in [6.07, 6.45) is 16.5. The summed E-state index contributed by atoms with van der Waals surface area (Å²) in [7, 11) is 0. The van der Waals surface area contributed by atoms with Gasteiger partial charge in [-0.1, -0.05) is 0 Å². The molecule has 0 amide bonds. The van der Waals surface area contributed by atoms with Crippen LogP contribution in [0.25, 0.3) is 6.08 Å². The third kappa shape index (κ3) is 7.63. The maximum atomic E-state index is 2.60. The van der Waals surface area contributed by atoms with Crippen molar-refractivity contribution < 1.29 is 4.48 Å². The first-order valence-corrected chi connectivity index (χ1v) is 21.3. The van der Waals surface area contributed by atoms with Gasteiger partial charge in [-0.25, -0.2) is 0 Å². The van der Waals surface area contributed by atoms with Gasteiger partial charge in [-0.2, -0.15) is 0 Å². The molecule has 0 aromatic heterocycles. The normalized spacial score (nSPS) is 17.6. The van der Waals surface area contributed by atoms with Gasteiger partial charge in [0.2, 0.25) is 0 Å². The van der Waals surface area contributed by atoms with Gasteiger partial charge >= 0.3 is 200 Å². The Hall–Kier alpha value is -0.281. The topological polar surface area (TPSA) is 0 Å². The zero-order chi connectivity index (χ0) is 22.6. The fourth-order valence-corrected chi connectivity index (χ4v) is 28.9. The molecule has 0 bridgehead atoms. The van der Waals surface area contributed by atoms with E-state index >= 15 is 0 Å². The third-order valence-corrected chi connectivity index (χ3v) is 26.6. The summed E-state index contributed by atoms with van der Waals surface area (Å²) in [5.74, 6) is 0.838. The summed E-state index contributed by atoms with van der Waals surface area (Å²) < 4.78 is 7.39. The Bertz CT molecular complexity index is 593. The number of benzene rings is 1. The standard InChI is InChI=1S/C17H25N.3C4H9.Sn/c1-16(2)15-18(12-6-7-13-18)14-8-11-17-9-4-3-5-10-17;3*1-3-4-2;/h3-5,8-11,15-16H,6-7,12-14H2,1-2H3;3*1,3-4H2,2H3;/q+1;;;;/b11-8-;;;;. The first-order chi connectivity index (χ1) is 15.0. The van der Waals surface area contributed by atoms with E-state index in [0.29, 0.717) is 0 Å². The quantitative estimate of drug-likeness (QED) is 0.156. The van der Waals surface area contributed by atoms with E-state index in [1.165, 1.54) is 81.0 Å². The van der Waals surface area contributed by atoms with Crippen molar-refractivity contribution in [1.82, 2.24) is 0 Å². The average molecular weight is 533 g/mol. The van der Waals surface area contributed by atoms with Gasteiger partial charge in [0.15, 0.2) is 0 Å². The zero-order valence-electron chi connectivity index (χ0n) is 21.5. The molecular formula is C29H52NSn+. The average Bonchev–Trinajstić information content (AvgIpc) is 3.24. The molecule has 2 heteroatoms. The van der Waals surface area contributed by atoms with Crippen LogP contribution < -0.4 is 0 Å². The molecule has 1 atom stereocenters. The first-order valence-electron chi connectivity index (χ1n) is 13.6. The van der Waals surface area contributed by atoms with Crippen molar-refractivity contribution in [3.63, 3.8) is 0 Å². The Kier molecular flexibility index (Phi) is 12.3. The second-order valence-electron chi connectivity index (χ2n) is 10.7. The summed E-state index contributed by atoms with van der Waals surface area (Å²) in [5.41, 5.74) is 1.36. The molecule has 176 valence electrons. The molecule has 1 nitrogen and oxygen atoms in total. The zero-order valence-corrected chi connectivity index (χ0v) is 24.4. The molecule has 1 fully saturated rings. The van der Waals surface area contributed by atoms with E-state index in [1.54, 1.807) is 13.3 Å². The molecule has 1 aliphatic heterocycles. The molecule has 31 heavy (non-hydrogen) atoms. The Morgan fingerprint density at radius 3 is 1.81 bits per heavy atom. The predicted molar refractivity (Wildman–Crippen MR) is 143 cm³/mol. The Balaban J connectivity index is 2.40. The van der Waals surface area contributed by atoms with Crippen LogP contribution in [0.3, 0.4) is 0 Å². The van der Waals surface area contributed by atoms with Crippen LogP contribution in [0, 0.1) is 5.92 Å². The van der Waals surface area contributed by atoms with Crippen LogP contribution in [0.15, 0.2) is 36.4 Å². The number of nitrogens with zero attached hydrogens (tertiary/aromatic N) is 1.